The summed E-state index contributed by atoms with van der Waals surface area (Å²) < 4.78 is 6.60. The first-order chi connectivity index (χ1) is 7.25. The average Bonchev–Trinajstić information content (AvgIpc) is 2.25. The predicted molar refractivity (Wildman–Crippen MR) is 70.3 cm³/mol. The molecule has 1 heterocycles. The number of hydrogen-bond donors (Lipinski definition) is 0. The van der Waals surface area contributed by atoms with Gasteiger partial charge in [-0.25, -0.2) is 0 Å². The van der Waals surface area contributed by atoms with Gasteiger partial charge < -0.3 is 4.74 Å². The molecule has 1 saturated heterocycles. The highest BCUT2D eigenvalue weighted by Crippen LogP contribution is 2.19. The predicted octanol–water partition coefficient (Wildman–Crippen LogP) is 2.78. The number of halogens is 2. The van der Waals surface area contributed by atoms with Crippen molar-refractivity contribution in [2.75, 3.05) is 26.3 Å². The van der Waals surface area contributed by atoms with Crippen LogP contribution < -0.4 is 0 Å². The number of benzene rings is 1. The minimum atomic E-state index is 0.818. The molecule has 0 spiro atoms. The van der Waals surface area contributed by atoms with Crippen molar-refractivity contribution in [1.82, 2.24) is 4.90 Å². The second-order valence-electron chi connectivity index (χ2n) is 3.62. The molecule has 15 heavy (non-hydrogen) atoms. The molecule has 4 heteroatoms. The molecule has 82 valence electrons. The molecule has 0 unspecified atom stereocenters. The molecule has 0 amide bonds. The van der Waals surface area contributed by atoms with Gasteiger partial charge in [-0.15, -0.1) is 0 Å². The van der Waals surface area contributed by atoms with Crippen LogP contribution >= 0.6 is 34.2 Å². The zero-order chi connectivity index (χ0) is 10.7. The van der Waals surface area contributed by atoms with Crippen molar-refractivity contribution in [3.63, 3.8) is 0 Å². The number of hydrogen-bond acceptors (Lipinski definition) is 2. The first-order valence-corrected chi connectivity index (χ1v) is 6.45. The molecule has 1 fully saturated rings. The van der Waals surface area contributed by atoms with E-state index < -0.39 is 0 Å². The van der Waals surface area contributed by atoms with Crippen LogP contribution in [-0.2, 0) is 11.3 Å². The van der Waals surface area contributed by atoms with Gasteiger partial charge in [0, 0.05) is 28.2 Å². The molecule has 0 aliphatic carbocycles. The van der Waals surface area contributed by atoms with Gasteiger partial charge in [0.1, 0.15) is 0 Å². The van der Waals surface area contributed by atoms with Crippen LogP contribution in [0.15, 0.2) is 18.2 Å². The van der Waals surface area contributed by atoms with Crippen molar-refractivity contribution in [2.24, 2.45) is 0 Å². The van der Waals surface area contributed by atoms with Crippen LogP contribution in [0.4, 0.5) is 0 Å². The summed E-state index contributed by atoms with van der Waals surface area (Å²) in [5.74, 6) is 0. The Balaban J connectivity index is 2.05. The summed E-state index contributed by atoms with van der Waals surface area (Å²) in [5.41, 5.74) is 1.31. The first kappa shape index (κ1) is 11.6. The lowest BCUT2D eigenvalue weighted by molar-refractivity contribution is 0.0341. The molecule has 2 rings (SSSR count). The second kappa shape index (κ2) is 5.48. The quantitative estimate of drug-likeness (QED) is 0.770. The van der Waals surface area contributed by atoms with Crippen LogP contribution in [0.5, 0.6) is 0 Å². The number of morpholine rings is 1. The minimum absolute atomic E-state index is 0.818. The SMILES string of the molecule is Clc1ccc(I)c(CN2CCOCC2)c1. The van der Waals surface area contributed by atoms with E-state index in [1.165, 1.54) is 9.13 Å². The highest BCUT2D eigenvalue weighted by Gasteiger charge is 2.12. The second-order valence-corrected chi connectivity index (χ2v) is 5.22. The maximum absolute atomic E-state index is 5.99. The van der Waals surface area contributed by atoms with E-state index >= 15 is 0 Å². The van der Waals surface area contributed by atoms with E-state index in [2.05, 4.69) is 39.6 Å². The molecule has 0 bridgehead atoms. The fourth-order valence-corrected chi connectivity index (χ4v) is 2.37. The highest BCUT2D eigenvalue weighted by molar-refractivity contribution is 14.1. The van der Waals surface area contributed by atoms with Crippen molar-refractivity contribution in [3.8, 4) is 0 Å². The standard InChI is InChI=1S/C11H13ClINO/c12-10-1-2-11(13)9(7-10)8-14-3-5-15-6-4-14/h1-2,7H,3-6,8H2. The van der Waals surface area contributed by atoms with Crippen LogP contribution in [0.25, 0.3) is 0 Å². The third kappa shape index (κ3) is 3.31. The third-order valence-electron chi connectivity index (χ3n) is 2.51. The monoisotopic (exact) mass is 337 g/mol. The molecule has 1 aromatic rings. The maximum Gasteiger partial charge on any atom is 0.0594 e. The number of ether oxygens (including phenoxy) is 1. The lowest BCUT2D eigenvalue weighted by Crippen LogP contribution is -2.35. The normalized spacial score (nSPS) is 18.0. The summed E-state index contributed by atoms with van der Waals surface area (Å²) in [6.07, 6.45) is 0. The van der Waals surface area contributed by atoms with Crippen molar-refractivity contribution >= 4 is 34.2 Å². The lowest BCUT2D eigenvalue weighted by atomic mass is 10.2. The molecule has 0 radical (unpaired) electrons. The molecule has 1 aliphatic rings. The Kier molecular flexibility index (Phi) is 4.25. The topological polar surface area (TPSA) is 12.5 Å². The van der Waals surface area contributed by atoms with E-state index in [-0.39, 0.29) is 0 Å². The molecule has 0 N–H and O–H groups in total. The van der Waals surface area contributed by atoms with E-state index in [1.807, 2.05) is 6.07 Å². The Bertz CT molecular complexity index is 339. The van der Waals surface area contributed by atoms with Crippen molar-refractivity contribution in [1.29, 1.82) is 0 Å². The summed E-state index contributed by atoms with van der Waals surface area (Å²) in [6.45, 7) is 4.70. The molecule has 0 saturated carbocycles. The van der Waals surface area contributed by atoms with Gasteiger partial charge in [0.25, 0.3) is 0 Å². The molecule has 0 atom stereocenters. The molecule has 1 aromatic carbocycles. The molecule has 1 aliphatic heterocycles. The van der Waals surface area contributed by atoms with E-state index in [0.717, 1.165) is 37.9 Å². The Hall–Kier alpha value is 0.160. The third-order valence-corrected chi connectivity index (χ3v) is 3.79. The Morgan fingerprint density at radius 1 is 1.33 bits per heavy atom. The van der Waals surface area contributed by atoms with E-state index in [0.29, 0.717) is 0 Å². The number of rotatable bonds is 2. The fourth-order valence-electron chi connectivity index (χ4n) is 1.66. The summed E-state index contributed by atoms with van der Waals surface area (Å²) in [5, 5.41) is 0.818. The Morgan fingerprint density at radius 3 is 2.80 bits per heavy atom. The lowest BCUT2D eigenvalue weighted by Gasteiger charge is -2.27. The fraction of sp³-hybridized carbons (Fsp3) is 0.455. The Labute approximate surface area is 109 Å². The van der Waals surface area contributed by atoms with E-state index in [4.69, 9.17) is 16.3 Å². The molecular formula is C11H13ClINO. The van der Waals surface area contributed by atoms with Gasteiger partial charge in [0.05, 0.1) is 13.2 Å². The van der Waals surface area contributed by atoms with Crippen molar-refractivity contribution in [3.05, 3.63) is 32.4 Å². The van der Waals surface area contributed by atoms with Crippen LogP contribution in [0.2, 0.25) is 5.02 Å². The Morgan fingerprint density at radius 2 is 2.07 bits per heavy atom. The minimum Gasteiger partial charge on any atom is -0.379 e. The van der Waals surface area contributed by atoms with Crippen LogP contribution in [-0.4, -0.2) is 31.2 Å². The summed E-state index contributed by atoms with van der Waals surface area (Å²) in [7, 11) is 0. The van der Waals surface area contributed by atoms with Crippen molar-refractivity contribution in [2.45, 2.75) is 6.54 Å². The molecule has 2 nitrogen and oxygen atoms in total. The van der Waals surface area contributed by atoms with Gasteiger partial charge in [-0.3, -0.25) is 4.90 Å². The summed E-state index contributed by atoms with van der Waals surface area (Å²) in [6, 6.07) is 6.06. The maximum atomic E-state index is 5.99. The average molecular weight is 338 g/mol. The summed E-state index contributed by atoms with van der Waals surface area (Å²) >= 11 is 8.34. The van der Waals surface area contributed by atoms with Crippen LogP contribution in [0.3, 0.4) is 0 Å². The molecule has 0 aromatic heterocycles. The number of nitrogens with zero attached hydrogens (tertiary/aromatic N) is 1. The van der Waals surface area contributed by atoms with Gasteiger partial charge >= 0.3 is 0 Å². The molecular weight excluding hydrogens is 324 g/mol. The van der Waals surface area contributed by atoms with Gasteiger partial charge in [0.2, 0.25) is 0 Å². The zero-order valence-electron chi connectivity index (χ0n) is 8.38. The van der Waals surface area contributed by atoms with Gasteiger partial charge in [-0.2, -0.15) is 0 Å². The van der Waals surface area contributed by atoms with Crippen LogP contribution in [0.1, 0.15) is 5.56 Å². The zero-order valence-corrected chi connectivity index (χ0v) is 11.3. The van der Waals surface area contributed by atoms with Crippen LogP contribution in [0, 0.1) is 3.57 Å². The van der Waals surface area contributed by atoms with Gasteiger partial charge in [-0.1, -0.05) is 11.6 Å². The highest BCUT2D eigenvalue weighted by atomic mass is 127. The van der Waals surface area contributed by atoms with E-state index in [1.54, 1.807) is 0 Å². The summed E-state index contributed by atoms with van der Waals surface area (Å²) in [4.78, 5) is 2.40. The van der Waals surface area contributed by atoms with E-state index in [9.17, 15) is 0 Å². The smallest absolute Gasteiger partial charge is 0.0594 e. The largest absolute Gasteiger partial charge is 0.379 e. The van der Waals surface area contributed by atoms with Crippen molar-refractivity contribution < 1.29 is 4.74 Å². The first-order valence-electron chi connectivity index (χ1n) is 5.00. The van der Waals surface area contributed by atoms with Gasteiger partial charge in [0.15, 0.2) is 0 Å². The van der Waals surface area contributed by atoms with Gasteiger partial charge in [-0.05, 0) is 46.4 Å².